The maximum Gasteiger partial charge on any atom is 0.0933 e. The highest BCUT2D eigenvalue weighted by atomic mass is 16.6. The van der Waals surface area contributed by atoms with E-state index in [0.717, 1.165) is 26.4 Å². The predicted octanol–water partition coefficient (Wildman–Crippen LogP) is 1.18. The van der Waals surface area contributed by atoms with Gasteiger partial charge >= 0.3 is 0 Å². The van der Waals surface area contributed by atoms with Crippen LogP contribution >= 0.6 is 0 Å². The van der Waals surface area contributed by atoms with Crippen LogP contribution in [0.1, 0.15) is 26.7 Å². The first-order valence-corrected chi connectivity index (χ1v) is 5.63. The van der Waals surface area contributed by atoms with Crippen molar-refractivity contribution in [2.24, 2.45) is 5.41 Å². The highest BCUT2D eigenvalue weighted by Gasteiger charge is 2.42. The Bertz CT molecular complexity index is 186. The lowest BCUT2D eigenvalue weighted by atomic mass is 10.0. The zero-order valence-corrected chi connectivity index (χ0v) is 9.21. The standard InChI is InChI=1S/C11H21NO2/c1-9(11(2)3-4-11)12-7-10-8-13-5-6-14-10/h9-10,12H,3-8H2,1-2H3. The molecule has 2 atom stereocenters. The second-order valence-electron chi connectivity index (χ2n) is 4.85. The molecule has 0 bridgehead atoms. The molecule has 2 rings (SSSR count). The van der Waals surface area contributed by atoms with Gasteiger partial charge in [-0.25, -0.2) is 0 Å². The molecular formula is C11H21NO2. The van der Waals surface area contributed by atoms with Gasteiger partial charge < -0.3 is 14.8 Å². The summed E-state index contributed by atoms with van der Waals surface area (Å²) in [4.78, 5) is 0. The normalized spacial score (nSPS) is 32.6. The minimum Gasteiger partial charge on any atom is -0.376 e. The fourth-order valence-electron chi connectivity index (χ4n) is 1.84. The summed E-state index contributed by atoms with van der Waals surface area (Å²) < 4.78 is 10.9. The van der Waals surface area contributed by atoms with Crippen molar-refractivity contribution in [3.63, 3.8) is 0 Å². The molecule has 2 aliphatic rings. The van der Waals surface area contributed by atoms with E-state index in [4.69, 9.17) is 9.47 Å². The van der Waals surface area contributed by atoms with E-state index in [1.54, 1.807) is 0 Å². The maximum atomic E-state index is 5.57. The minimum atomic E-state index is 0.258. The van der Waals surface area contributed by atoms with Gasteiger partial charge in [0.25, 0.3) is 0 Å². The van der Waals surface area contributed by atoms with Crippen molar-refractivity contribution in [2.45, 2.75) is 38.8 Å². The Morgan fingerprint density at radius 1 is 1.43 bits per heavy atom. The van der Waals surface area contributed by atoms with Gasteiger partial charge in [-0.1, -0.05) is 6.92 Å². The van der Waals surface area contributed by atoms with Crippen molar-refractivity contribution in [1.82, 2.24) is 5.32 Å². The number of ether oxygens (including phenoxy) is 2. The average molecular weight is 199 g/mol. The lowest BCUT2D eigenvalue weighted by molar-refractivity contribution is -0.0874. The molecule has 0 aromatic rings. The van der Waals surface area contributed by atoms with Crippen LogP contribution in [0.3, 0.4) is 0 Å². The lowest BCUT2D eigenvalue weighted by Crippen LogP contribution is -2.43. The Morgan fingerprint density at radius 2 is 2.21 bits per heavy atom. The summed E-state index contributed by atoms with van der Waals surface area (Å²) in [5.74, 6) is 0. The molecule has 1 heterocycles. The van der Waals surface area contributed by atoms with Gasteiger partial charge in [0.05, 0.1) is 25.9 Å². The fraction of sp³-hybridized carbons (Fsp3) is 1.00. The molecule has 82 valence electrons. The number of hydrogen-bond acceptors (Lipinski definition) is 3. The van der Waals surface area contributed by atoms with E-state index in [-0.39, 0.29) is 6.10 Å². The third-order valence-electron chi connectivity index (χ3n) is 3.62. The summed E-state index contributed by atoms with van der Waals surface area (Å²) in [6, 6.07) is 0.605. The molecule has 0 aromatic heterocycles. The third kappa shape index (κ3) is 2.47. The van der Waals surface area contributed by atoms with E-state index in [1.807, 2.05) is 0 Å². The smallest absolute Gasteiger partial charge is 0.0933 e. The first-order chi connectivity index (χ1) is 6.71. The van der Waals surface area contributed by atoms with Gasteiger partial charge in [0.15, 0.2) is 0 Å². The molecule has 2 unspecified atom stereocenters. The molecule has 0 radical (unpaired) electrons. The van der Waals surface area contributed by atoms with Crippen molar-refractivity contribution in [1.29, 1.82) is 0 Å². The SMILES string of the molecule is CC(NCC1COCCO1)C1(C)CC1. The second-order valence-corrected chi connectivity index (χ2v) is 4.85. The molecule has 1 aliphatic carbocycles. The molecule has 2 fully saturated rings. The predicted molar refractivity (Wildman–Crippen MR) is 55.4 cm³/mol. The van der Waals surface area contributed by atoms with E-state index in [0.29, 0.717) is 11.5 Å². The van der Waals surface area contributed by atoms with Crippen molar-refractivity contribution >= 4 is 0 Å². The van der Waals surface area contributed by atoms with Gasteiger partial charge in [-0.15, -0.1) is 0 Å². The molecule has 0 amide bonds. The van der Waals surface area contributed by atoms with Gasteiger partial charge in [-0.05, 0) is 25.2 Å². The van der Waals surface area contributed by atoms with Crippen LogP contribution in [0.2, 0.25) is 0 Å². The van der Waals surface area contributed by atoms with E-state index in [1.165, 1.54) is 12.8 Å². The van der Waals surface area contributed by atoms with Gasteiger partial charge in [0, 0.05) is 12.6 Å². The first kappa shape index (κ1) is 10.4. The molecule has 1 saturated carbocycles. The Labute approximate surface area is 86.2 Å². The van der Waals surface area contributed by atoms with Crippen LogP contribution in [0.15, 0.2) is 0 Å². The minimum absolute atomic E-state index is 0.258. The van der Waals surface area contributed by atoms with Crippen molar-refractivity contribution < 1.29 is 9.47 Å². The highest BCUT2D eigenvalue weighted by Crippen LogP contribution is 2.47. The molecule has 1 N–H and O–H groups in total. The average Bonchev–Trinajstić information content (AvgIpc) is 2.96. The van der Waals surface area contributed by atoms with E-state index < -0.39 is 0 Å². The summed E-state index contributed by atoms with van der Waals surface area (Å²) in [5.41, 5.74) is 0.551. The monoisotopic (exact) mass is 199 g/mol. The number of rotatable bonds is 4. The summed E-state index contributed by atoms with van der Waals surface area (Å²) in [7, 11) is 0. The summed E-state index contributed by atoms with van der Waals surface area (Å²) in [5, 5.41) is 3.55. The Morgan fingerprint density at radius 3 is 2.79 bits per heavy atom. The Hall–Kier alpha value is -0.120. The molecule has 3 heteroatoms. The molecule has 0 spiro atoms. The van der Waals surface area contributed by atoms with E-state index in [2.05, 4.69) is 19.2 Å². The van der Waals surface area contributed by atoms with Crippen LogP contribution in [0.5, 0.6) is 0 Å². The van der Waals surface area contributed by atoms with Crippen molar-refractivity contribution in [3.8, 4) is 0 Å². The largest absolute Gasteiger partial charge is 0.376 e. The van der Waals surface area contributed by atoms with E-state index in [9.17, 15) is 0 Å². The molecule has 1 saturated heterocycles. The van der Waals surface area contributed by atoms with Crippen LogP contribution < -0.4 is 5.32 Å². The van der Waals surface area contributed by atoms with Gasteiger partial charge in [0.1, 0.15) is 0 Å². The molecule has 3 nitrogen and oxygen atoms in total. The molecule has 0 aromatic carbocycles. The van der Waals surface area contributed by atoms with Gasteiger partial charge in [-0.2, -0.15) is 0 Å². The summed E-state index contributed by atoms with van der Waals surface area (Å²) >= 11 is 0. The van der Waals surface area contributed by atoms with Gasteiger partial charge in [0.2, 0.25) is 0 Å². The Kier molecular flexibility index (Phi) is 3.10. The quantitative estimate of drug-likeness (QED) is 0.737. The van der Waals surface area contributed by atoms with E-state index >= 15 is 0 Å². The van der Waals surface area contributed by atoms with Gasteiger partial charge in [-0.3, -0.25) is 0 Å². The maximum absolute atomic E-state index is 5.57. The van der Waals surface area contributed by atoms with Crippen LogP contribution in [0.4, 0.5) is 0 Å². The van der Waals surface area contributed by atoms with Crippen LogP contribution in [-0.4, -0.2) is 38.5 Å². The third-order valence-corrected chi connectivity index (χ3v) is 3.62. The molecule has 1 aliphatic heterocycles. The second kappa shape index (κ2) is 4.17. The fourth-order valence-corrected chi connectivity index (χ4v) is 1.84. The highest BCUT2D eigenvalue weighted by molar-refractivity contribution is 4.96. The number of hydrogen-bond donors (Lipinski definition) is 1. The molecule has 14 heavy (non-hydrogen) atoms. The summed E-state index contributed by atoms with van der Waals surface area (Å²) in [6.07, 6.45) is 2.99. The van der Waals surface area contributed by atoms with Crippen LogP contribution in [0, 0.1) is 5.41 Å². The Balaban J connectivity index is 1.65. The lowest BCUT2D eigenvalue weighted by Gasteiger charge is -2.27. The van der Waals surface area contributed by atoms with Crippen molar-refractivity contribution in [3.05, 3.63) is 0 Å². The number of nitrogens with one attached hydrogen (secondary N) is 1. The zero-order valence-electron chi connectivity index (χ0n) is 9.21. The first-order valence-electron chi connectivity index (χ1n) is 5.63. The summed E-state index contributed by atoms with van der Waals surface area (Å²) in [6.45, 7) is 7.80. The zero-order chi connectivity index (χ0) is 10.0. The topological polar surface area (TPSA) is 30.5 Å². The molecular weight excluding hydrogens is 178 g/mol. The van der Waals surface area contributed by atoms with Crippen LogP contribution in [-0.2, 0) is 9.47 Å². The van der Waals surface area contributed by atoms with Crippen LogP contribution in [0.25, 0.3) is 0 Å². The van der Waals surface area contributed by atoms with Crippen molar-refractivity contribution in [2.75, 3.05) is 26.4 Å².